The second-order valence-electron chi connectivity index (χ2n) is 3.17. The Labute approximate surface area is 92.0 Å². The van der Waals surface area contributed by atoms with Gasteiger partial charge >= 0.3 is 0 Å². The number of halogens is 2. The molecule has 1 aromatic rings. The number of nitrogens with two attached hydrogens (primary N) is 1. The van der Waals surface area contributed by atoms with E-state index in [4.69, 9.17) is 22.7 Å². The summed E-state index contributed by atoms with van der Waals surface area (Å²) in [5.74, 6) is -1.57. The van der Waals surface area contributed by atoms with E-state index in [1.807, 2.05) is 0 Å². The van der Waals surface area contributed by atoms with Gasteiger partial charge in [-0.3, -0.25) is 0 Å². The van der Waals surface area contributed by atoms with Gasteiger partial charge in [-0.1, -0.05) is 12.2 Å². The minimum absolute atomic E-state index is 0.257. The molecule has 0 bridgehead atoms. The summed E-state index contributed by atoms with van der Waals surface area (Å²) in [6.07, 6.45) is 0.140. The largest absolute Gasteiger partial charge is 0.490 e. The average molecular weight is 231 g/mol. The molecule has 0 amide bonds. The van der Waals surface area contributed by atoms with Crippen LogP contribution in [0.25, 0.3) is 0 Å². The van der Waals surface area contributed by atoms with E-state index in [1.54, 1.807) is 6.92 Å². The number of rotatable bonds is 4. The summed E-state index contributed by atoms with van der Waals surface area (Å²) in [5.41, 5.74) is 5.32. The molecular formula is C10H11F2NOS. The second-order valence-corrected chi connectivity index (χ2v) is 3.70. The van der Waals surface area contributed by atoms with Crippen molar-refractivity contribution in [1.29, 1.82) is 0 Å². The van der Waals surface area contributed by atoms with Gasteiger partial charge in [0.15, 0.2) is 11.6 Å². The third-order valence-electron chi connectivity index (χ3n) is 1.72. The highest BCUT2D eigenvalue weighted by molar-refractivity contribution is 7.80. The quantitative estimate of drug-likeness (QED) is 0.808. The molecular weight excluding hydrogens is 220 g/mol. The average Bonchev–Trinajstić information content (AvgIpc) is 2.10. The van der Waals surface area contributed by atoms with Crippen LogP contribution in [0.2, 0.25) is 0 Å². The molecule has 0 spiro atoms. The molecule has 1 atom stereocenters. The Morgan fingerprint density at radius 3 is 2.67 bits per heavy atom. The van der Waals surface area contributed by atoms with Crippen LogP contribution in [0, 0.1) is 11.6 Å². The van der Waals surface area contributed by atoms with Crippen LogP contribution in [0.15, 0.2) is 18.2 Å². The fraction of sp³-hybridized carbons (Fsp3) is 0.300. The summed E-state index contributed by atoms with van der Waals surface area (Å²) >= 11 is 4.70. The van der Waals surface area contributed by atoms with Crippen molar-refractivity contribution in [3.8, 4) is 5.75 Å². The predicted molar refractivity (Wildman–Crippen MR) is 57.9 cm³/mol. The van der Waals surface area contributed by atoms with Crippen molar-refractivity contribution >= 4 is 17.2 Å². The highest BCUT2D eigenvalue weighted by Crippen LogP contribution is 2.17. The lowest BCUT2D eigenvalue weighted by Crippen LogP contribution is -2.20. The zero-order chi connectivity index (χ0) is 11.4. The molecule has 0 aliphatic carbocycles. The first-order valence-corrected chi connectivity index (χ1v) is 4.80. The topological polar surface area (TPSA) is 35.2 Å². The van der Waals surface area contributed by atoms with E-state index in [9.17, 15) is 8.78 Å². The Morgan fingerprint density at radius 1 is 1.47 bits per heavy atom. The molecule has 0 radical (unpaired) electrons. The fourth-order valence-corrected chi connectivity index (χ4v) is 1.34. The van der Waals surface area contributed by atoms with Crippen LogP contribution < -0.4 is 10.5 Å². The molecule has 2 nitrogen and oxygen atoms in total. The zero-order valence-corrected chi connectivity index (χ0v) is 8.98. The molecule has 1 rings (SSSR count). The summed E-state index contributed by atoms with van der Waals surface area (Å²) in [4.78, 5) is 0.324. The first kappa shape index (κ1) is 11.8. The van der Waals surface area contributed by atoms with Gasteiger partial charge in [-0.15, -0.1) is 0 Å². The van der Waals surface area contributed by atoms with E-state index in [1.165, 1.54) is 6.07 Å². The van der Waals surface area contributed by atoms with Crippen LogP contribution in [-0.4, -0.2) is 11.1 Å². The second kappa shape index (κ2) is 5.02. The van der Waals surface area contributed by atoms with E-state index in [0.717, 1.165) is 12.1 Å². The minimum Gasteiger partial charge on any atom is -0.490 e. The van der Waals surface area contributed by atoms with Crippen LogP contribution >= 0.6 is 12.2 Å². The standard InChI is InChI=1S/C10H11F2NOS/c1-6(4-10(13)15)14-7-2-3-8(11)9(12)5-7/h2-3,5-6H,4H2,1H3,(H2,13,15). The smallest absolute Gasteiger partial charge is 0.162 e. The third-order valence-corrected chi connectivity index (χ3v) is 1.88. The lowest BCUT2D eigenvalue weighted by Gasteiger charge is -2.13. The van der Waals surface area contributed by atoms with Crippen LogP contribution in [0.5, 0.6) is 5.75 Å². The molecule has 0 aromatic heterocycles. The lowest BCUT2D eigenvalue weighted by molar-refractivity contribution is 0.228. The van der Waals surface area contributed by atoms with Gasteiger partial charge in [0, 0.05) is 12.5 Å². The molecule has 5 heteroatoms. The van der Waals surface area contributed by atoms with Gasteiger partial charge in [-0.2, -0.15) is 0 Å². The molecule has 0 aliphatic heterocycles. The van der Waals surface area contributed by atoms with E-state index in [2.05, 4.69) is 0 Å². The molecule has 0 saturated carbocycles. The number of thiocarbonyl (C=S) groups is 1. The fourth-order valence-electron chi connectivity index (χ4n) is 1.11. The molecule has 15 heavy (non-hydrogen) atoms. The summed E-state index contributed by atoms with van der Waals surface area (Å²) in [5, 5.41) is 0. The molecule has 0 saturated heterocycles. The molecule has 0 fully saturated rings. The highest BCUT2D eigenvalue weighted by Gasteiger charge is 2.08. The summed E-state index contributed by atoms with van der Waals surface area (Å²) in [6.45, 7) is 1.75. The summed E-state index contributed by atoms with van der Waals surface area (Å²) in [7, 11) is 0. The Balaban J connectivity index is 2.64. The number of hydrogen-bond donors (Lipinski definition) is 1. The van der Waals surface area contributed by atoms with Crippen molar-refractivity contribution < 1.29 is 13.5 Å². The van der Waals surface area contributed by atoms with Gasteiger partial charge in [-0.25, -0.2) is 8.78 Å². The normalized spacial score (nSPS) is 12.2. The van der Waals surface area contributed by atoms with Gasteiger partial charge in [0.1, 0.15) is 11.9 Å². The summed E-state index contributed by atoms with van der Waals surface area (Å²) < 4.78 is 30.6. The third kappa shape index (κ3) is 3.79. The maximum Gasteiger partial charge on any atom is 0.162 e. The van der Waals surface area contributed by atoms with Gasteiger partial charge in [-0.05, 0) is 19.1 Å². The Bertz CT molecular complexity index is 370. The van der Waals surface area contributed by atoms with Crippen molar-refractivity contribution in [2.75, 3.05) is 0 Å². The van der Waals surface area contributed by atoms with E-state index < -0.39 is 11.6 Å². The van der Waals surface area contributed by atoms with Gasteiger partial charge in [0.2, 0.25) is 0 Å². The monoisotopic (exact) mass is 231 g/mol. The molecule has 0 aliphatic rings. The lowest BCUT2D eigenvalue weighted by atomic mass is 10.2. The SMILES string of the molecule is CC(CC(N)=S)Oc1ccc(F)c(F)c1. The van der Waals surface area contributed by atoms with E-state index in [0.29, 0.717) is 11.4 Å². The Morgan fingerprint density at radius 2 is 2.13 bits per heavy atom. The summed E-state index contributed by atoms with van der Waals surface area (Å²) in [6, 6.07) is 3.36. The van der Waals surface area contributed by atoms with E-state index >= 15 is 0 Å². The Hall–Kier alpha value is -1.23. The number of ether oxygens (including phenoxy) is 1. The van der Waals surface area contributed by atoms with Crippen molar-refractivity contribution in [3.63, 3.8) is 0 Å². The molecule has 2 N–H and O–H groups in total. The van der Waals surface area contributed by atoms with Crippen LogP contribution in [0.4, 0.5) is 8.78 Å². The highest BCUT2D eigenvalue weighted by atomic mass is 32.1. The number of hydrogen-bond acceptors (Lipinski definition) is 2. The molecule has 1 aromatic carbocycles. The maximum atomic E-state index is 12.8. The van der Waals surface area contributed by atoms with Gasteiger partial charge < -0.3 is 10.5 Å². The Kier molecular flexibility index (Phi) is 3.96. The molecule has 1 unspecified atom stereocenters. The first-order chi connectivity index (χ1) is 6.99. The zero-order valence-electron chi connectivity index (χ0n) is 8.17. The maximum absolute atomic E-state index is 12.8. The van der Waals surface area contributed by atoms with Crippen LogP contribution in [-0.2, 0) is 0 Å². The van der Waals surface area contributed by atoms with Crippen molar-refractivity contribution in [1.82, 2.24) is 0 Å². The van der Waals surface area contributed by atoms with Crippen molar-refractivity contribution in [2.24, 2.45) is 5.73 Å². The molecule has 82 valence electrons. The van der Waals surface area contributed by atoms with Gasteiger partial charge in [0.25, 0.3) is 0 Å². The van der Waals surface area contributed by atoms with Crippen LogP contribution in [0.1, 0.15) is 13.3 Å². The van der Waals surface area contributed by atoms with Gasteiger partial charge in [0.05, 0.1) is 4.99 Å². The predicted octanol–water partition coefficient (Wildman–Crippen LogP) is 2.41. The van der Waals surface area contributed by atoms with E-state index in [-0.39, 0.29) is 11.9 Å². The number of benzene rings is 1. The van der Waals surface area contributed by atoms with Crippen molar-refractivity contribution in [3.05, 3.63) is 29.8 Å². The molecule has 0 heterocycles. The first-order valence-electron chi connectivity index (χ1n) is 4.39. The van der Waals surface area contributed by atoms with Crippen LogP contribution in [0.3, 0.4) is 0 Å². The van der Waals surface area contributed by atoms with Crippen molar-refractivity contribution in [2.45, 2.75) is 19.4 Å². The minimum atomic E-state index is -0.935.